The van der Waals surface area contributed by atoms with E-state index in [1.54, 1.807) is 0 Å². The molecule has 0 saturated carbocycles. The zero-order chi connectivity index (χ0) is 23.6. The molecule has 0 aliphatic rings. The first kappa shape index (κ1) is 19.4. The Bertz CT molecular complexity index is 2100. The maximum atomic E-state index is 4.74. The second kappa shape index (κ2) is 7.30. The topological polar surface area (TPSA) is 33.6 Å². The van der Waals surface area contributed by atoms with Crippen molar-refractivity contribution in [1.82, 2.24) is 14.5 Å². The third-order valence-electron chi connectivity index (χ3n) is 7.36. The molecule has 0 saturated heterocycles. The molecule has 168 valence electrons. The van der Waals surface area contributed by atoms with Crippen LogP contribution < -0.4 is 0 Å². The molecule has 1 N–H and O–H groups in total. The third-order valence-corrected chi connectivity index (χ3v) is 7.36. The minimum absolute atomic E-state index is 1.01. The lowest BCUT2D eigenvalue weighted by Crippen LogP contribution is -1.96. The molecule has 0 aliphatic heterocycles. The van der Waals surface area contributed by atoms with Crippen LogP contribution in [0.3, 0.4) is 0 Å². The van der Waals surface area contributed by atoms with Crippen LogP contribution in [0, 0.1) is 0 Å². The predicted octanol–water partition coefficient (Wildman–Crippen LogP) is 8.63. The highest BCUT2D eigenvalue weighted by Gasteiger charge is 2.15. The van der Waals surface area contributed by atoms with E-state index in [9.17, 15) is 0 Å². The molecule has 3 heterocycles. The zero-order valence-electron chi connectivity index (χ0n) is 19.4. The van der Waals surface area contributed by atoms with Crippen LogP contribution in [-0.4, -0.2) is 14.5 Å². The Morgan fingerprint density at radius 3 is 2.19 bits per heavy atom. The van der Waals surface area contributed by atoms with Crippen LogP contribution in [0.4, 0.5) is 0 Å². The van der Waals surface area contributed by atoms with Crippen molar-refractivity contribution in [3.05, 3.63) is 121 Å². The Morgan fingerprint density at radius 1 is 0.528 bits per heavy atom. The second-order valence-corrected chi connectivity index (χ2v) is 9.37. The van der Waals surface area contributed by atoms with Gasteiger partial charge in [0.25, 0.3) is 0 Å². The van der Waals surface area contributed by atoms with Gasteiger partial charge in [0.15, 0.2) is 0 Å². The average Bonchev–Trinajstić information content (AvgIpc) is 3.47. The summed E-state index contributed by atoms with van der Waals surface area (Å²) in [5.41, 5.74) is 9.27. The van der Waals surface area contributed by atoms with E-state index in [-0.39, 0.29) is 0 Å². The van der Waals surface area contributed by atoms with Crippen molar-refractivity contribution in [3.8, 4) is 16.8 Å². The molecule has 0 bridgehead atoms. The molecule has 5 aromatic carbocycles. The lowest BCUT2D eigenvalue weighted by atomic mass is 10.0. The zero-order valence-corrected chi connectivity index (χ0v) is 19.4. The monoisotopic (exact) mass is 459 g/mol. The minimum Gasteiger partial charge on any atom is -0.355 e. The summed E-state index contributed by atoms with van der Waals surface area (Å²) in [5.74, 6) is 0. The number of hydrogen-bond acceptors (Lipinski definition) is 1. The Labute approximate surface area is 207 Å². The summed E-state index contributed by atoms with van der Waals surface area (Å²) in [6.45, 7) is 0. The van der Waals surface area contributed by atoms with Gasteiger partial charge < -0.3 is 9.55 Å². The van der Waals surface area contributed by atoms with E-state index in [1.807, 2.05) is 12.3 Å². The molecule has 0 fully saturated rings. The average molecular weight is 460 g/mol. The summed E-state index contributed by atoms with van der Waals surface area (Å²) in [7, 11) is 0. The van der Waals surface area contributed by atoms with Gasteiger partial charge >= 0.3 is 0 Å². The van der Waals surface area contributed by atoms with Crippen molar-refractivity contribution >= 4 is 54.5 Å². The number of nitrogens with one attached hydrogen (secondary N) is 1. The van der Waals surface area contributed by atoms with E-state index in [0.29, 0.717) is 0 Å². The molecule has 8 aromatic rings. The highest BCUT2D eigenvalue weighted by Crippen LogP contribution is 2.37. The molecule has 36 heavy (non-hydrogen) atoms. The summed E-state index contributed by atoms with van der Waals surface area (Å²) >= 11 is 0. The standard InChI is InChI=1S/C33H21N3/c1-3-11-28-24(9-1)26-19-22(14-16-29(26)35-28)23-15-17-31-27(20-23)25-10-2-4-12-30(25)36(31)32-13-5-7-21-8-6-18-34-33(21)32/h1-20,35H. The molecule has 0 amide bonds. The van der Waals surface area contributed by atoms with Gasteiger partial charge in [-0.3, -0.25) is 4.98 Å². The number of H-pyrrole nitrogens is 1. The maximum absolute atomic E-state index is 4.74. The van der Waals surface area contributed by atoms with Gasteiger partial charge in [-0.1, -0.05) is 66.7 Å². The lowest BCUT2D eigenvalue weighted by molar-refractivity contribution is 1.18. The molecular formula is C33H21N3. The van der Waals surface area contributed by atoms with Crippen LogP contribution in [0.2, 0.25) is 0 Å². The smallest absolute Gasteiger partial charge is 0.0942 e. The van der Waals surface area contributed by atoms with Crippen LogP contribution in [0.15, 0.2) is 121 Å². The lowest BCUT2D eigenvalue weighted by Gasteiger charge is -2.11. The minimum atomic E-state index is 1.01. The number of aromatic nitrogens is 3. The second-order valence-electron chi connectivity index (χ2n) is 9.37. The Morgan fingerprint density at radius 2 is 1.25 bits per heavy atom. The van der Waals surface area contributed by atoms with Crippen molar-refractivity contribution < 1.29 is 0 Å². The molecule has 3 aromatic heterocycles. The quantitative estimate of drug-likeness (QED) is 0.276. The molecule has 0 radical (unpaired) electrons. The van der Waals surface area contributed by atoms with Crippen LogP contribution in [-0.2, 0) is 0 Å². The normalized spacial score (nSPS) is 11.9. The molecule has 3 nitrogen and oxygen atoms in total. The molecule has 0 aliphatic carbocycles. The van der Waals surface area contributed by atoms with Crippen molar-refractivity contribution in [2.75, 3.05) is 0 Å². The fourth-order valence-electron chi connectivity index (χ4n) is 5.71. The molecule has 0 atom stereocenters. The number of para-hydroxylation sites is 3. The van der Waals surface area contributed by atoms with Gasteiger partial charge in [-0.15, -0.1) is 0 Å². The maximum Gasteiger partial charge on any atom is 0.0942 e. The van der Waals surface area contributed by atoms with Crippen LogP contribution in [0.5, 0.6) is 0 Å². The number of rotatable bonds is 2. The first-order chi connectivity index (χ1) is 17.8. The summed E-state index contributed by atoms with van der Waals surface area (Å²) in [6, 6.07) is 41.2. The Kier molecular flexibility index (Phi) is 3.94. The fraction of sp³-hybridized carbons (Fsp3) is 0. The molecule has 0 unspecified atom stereocenters. The number of aromatic amines is 1. The predicted molar refractivity (Wildman–Crippen MR) is 151 cm³/mol. The highest BCUT2D eigenvalue weighted by molar-refractivity contribution is 6.12. The van der Waals surface area contributed by atoms with Gasteiger partial charge in [-0.05, 0) is 59.7 Å². The first-order valence-electron chi connectivity index (χ1n) is 12.2. The summed E-state index contributed by atoms with van der Waals surface area (Å²) in [6.07, 6.45) is 1.87. The van der Waals surface area contributed by atoms with Crippen LogP contribution >= 0.6 is 0 Å². The molecular weight excluding hydrogens is 438 g/mol. The van der Waals surface area contributed by atoms with E-state index >= 15 is 0 Å². The first-order valence-corrected chi connectivity index (χ1v) is 12.2. The SMILES string of the molecule is c1cnc2c(-n3c4ccccc4c4cc(-c5ccc6[nH]c7ccccc7c6c5)ccc43)cccc2c1. The Balaban J connectivity index is 1.40. The van der Waals surface area contributed by atoms with Gasteiger partial charge in [0.1, 0.15) is 0 Å². The molecule has 3 heteroatoms. The van der Waals surface area contributed by atoms with Crippen molar-refractivity contribution in [2.45, 2.75) is 0 Å². The summed E-state index contributed by atoms with van der Waals surface area (Å²) in [5, 5.41) is 6.15. The molecule has 0 spiro atoms. The highest BCUT2D eigenvalue weighted by atomic mass is 15.0. The van der Waals surface area contributed by atoms with E-state index in [1.165, 1.54) is 54.7 Å². The number of pyridine rings is 1. The summed E-state index contributed by atoms with van der Waals surface area (Å²) in [4.78, 5) is 8.28. The van der Waals surface area contributed by atoms with Gasteiger partial charge in [0, 0.05) is 44.2 Å². The van der Waals surface area contributed by atoms with Gasteiger partial charge in [0.2, 0.25) is 0 Å². The third kappa shape index (κ3) is 2.71. The summed E-state index contributed by atoms with van der Waals surface area (Å²) < 4.78 is 2.35. The van der Waals surface area contributed by atoms with Gasteiger partial charge in [-0.25, -0.2) is 0 Å². The fourth-order valence-corrected chi connectivity index (χ4v) is 5.71. The van der Waals surface area contributed by atoms with E-state index < -0.39 is 0 Å². The van der Waals surface area contributed by atoms with Gasteiger partial charge in [0.05, 0.1) is 22.2 Å². The number of fused-ring (bicyclic) bond motifs is 7. The van der Waals surface area contributed by atoms with Crippen molar-refractivity contribution in [3.63, 3.8) is 0 Å². The van der Waals surface area contributed by atoms with Crippen LogP contribution in [0.25, 0.3) is 71.3 Å². The largest absolute Gasteiger partial charge is 0.355 e. The Hall–Kier alpha value is -4.89. The van der Waals surface area contributed by atoms with Crippen LogP contribution in [0.1, 0.15) is 0 Å². The van der Waals surface area contributed by atoms with E-state index in [0.717, 1.165) is 16.6 Å². The van der Waals surface area contributed by atoms with E-state index in [2.05, 4.69) is 119 Å². The van der Waals surface area contributed by atoms with Crippen molar-refractivity contribution in [2.24, 2.45) is 0 Å². The van der Waals surface area contributed by atoms with E-state index in [4.69, 9.17) is 4.98 Å². The van der Waals surface area contributed by atoms with Gasteiger partial charge in [-0.2, -0.15) is 0 Å². The number of hydrogen-bond donors (Lipinski definition) is 1. The number of nitrogens with zero attached hydrogens (tertiary/aromatic N) is 2. The molecule has 8 rings (SSSR count). The number of benzene rings is 5. The van der Waals surface area contributed by atoms with Crippen molar-refractivity contribution in [1.29, 1.82) is 0 Å².